The summed E-state index contributed by atoms with van der Waals surface area (Å²) in [6.07, 6.45) is 7.10. The van der Waals surface area contributed by atoms with Crippen molar-refractivity contribution >= 4 is 27.4 Å². The van der Waals surface area contributed by atoms with Crippen molar-refractivity contribution in [1.29, 1.82) is 0 Å². The van der Waals surface area contributed by atoms with Gasteiger partial charge in [-0.25, -0.2) is 0 Å². The molecule has 19 heavy (non-hydrogen) atoms. The smallest absolute Gasteiger partial charge is 0.131 e. The molecule has 1 aromatic rings. The van der Waals surface area contributed by atoms with Gasteiger partial charge in [-0.3, -0.25) is 4.79 Å². The maximum Gasteiger partial charge on any atom is 0.131 e. The Morgan fingerprint density at radius 3 is 2.47 bits per heavy atom. The van der Waals surface area contributed by atoms with Crippen molar-refractivity contribution in [3.05, 3.63) is 28.7 Å². The normalized spacial score (nSPS) is 18.0. The van der Waals surface area contributed by atoms with E-state index in [9.17, 15) is 4.79 Å². The lowest BCUT2D eigenvalue weighted by molar-refractivity contribution is -0.117. The Balaban J connectivity index is 2.03. The number of carbonyl (C=O) groups is 1. The van der Waals surface area contributed by atoms with Gasteiger partial charge in [0.15, 0.2) is 0 Å². The first-order chi connectivity index (χ1) is 9.15. The highest BCUT2D eigenvalue weighted by Crippen LogP contribution is 2.30. The van der Waals surface area contributed by atoms with E-state index in [0.717, 1.165) is 10.2 Å². The molecule has 0 radical (unpaired) electrons. The van der Waals surface area contributed by atoms with Crippen LogP contribution in [0.5, 0.6) is 0 Å². The number of benzene rings is 1. The van der Waals surface area contributed by atoms with E-state index in [1.807, 2.05) is 12.1 Å². The maximum absolute atomic E-state index is 11.5. The van der Waals surface area contributed by atoms with Crippen LogP contribution < -0.4 is 5.32 Å². The molecule has 1 atom stereocenters. The quantitative estimate of drug-likeness (QED) is 0.844. The minimum atomic E-state index is 0.278. The zero-order valence-electron chi connectivity index (χ0n) is 11.5. The zero-order valence-corrected chi connectivity index (χ0v) is 13.1. The standard InChI is InChI=1S/C16H22BrNO/c1-12(19)11-16(13-5-3-2-4-6-13)18-15-9-7-14(17)8-10-15/h7-10,13,16,18H,2-6,11H2,1H3/t16-/m0/s1. The van der Waals surface area contributed by atoms with Crippen LogP contribution in [0.2, 0.25) is 0 Å². The number of rotatable bonds is 5. The zero-order chi connectivity index (χ0) is 13.7. The van der Waals surface area contributed by atoms with Crippen molar-refractivity contribution in [2.24, 2.45) is 5.92 Å². The first kappa shape index (κ1) is 14.6. The number of hydrogen-bond acceptors (Lipinski definition) is 2. The molecule has 0 heterocycles. The van der Waals surface area contributed by atoms with Crippen molar-refractivity contribution in [3.8, 4) is 0 Å². The van der Waals surface area contributed by atoms with Gasteiger partial charge in [0.2, 0.25) is 0 Å². The van der Waals surface area contributed by atoms with E-state index in [1.165, 1.54) is 32.1 Å². The Morgan fingerprint density at radius 1 is 1.26 bits per heavy atom. The topological polar surface area (TPSA) is 29.1 Å². The van der Waals surface area contributed by atoms with E-state index in [4.69, 9.17) is 0 Å². The largest absolute Gasteiger partial charge is 0.382 e. The molecular formula is C16H22BrNO. The summed E-state index contributed by atoms with van der Waals surface area (Å²) in [6, 6.07) is 8.50. The number of ketones is 1. The van der Waals surface area contributed by atoms with Gasteiger partial charge in [-0.1, -0.05) is 35.2 Å². The van der Waals surface area contributed by atoms with Crippen LogP contribution in [0, 0.1) is 5.92 Å². The molecule has 1 saturated carbocycles. The molecule has 3 heteroatoms. The van der Waals surface area contributed by atoms with Crippen LogP contribution in [0.1, 0.15) is 45.4 Å². The lowest BCUT2D eigenvalue weighted by atomic mass is 9.82. The number of nitrogens with one attached hydrogen (secondary N) is 1. The van der Waals surface area contributed by atoms with Crippen molar-refractivity contribution in [2.45, 2.75) is 51.5 Å². The monoisotopic (exact) mass is 323 g/mol. The van der Waals surface area contributed by atoms with Crippen LogP contribution in [0.15, 0.2) is 28.7 Å². The number of halogens is 1. The maximum atomic E-state index is 11.5. The van der Waals surface area contributed by atoms with E-state index >= 15 is 0 Å². The van der Waals surface area contributed by atoms with Gasteiger partial charge in [0.25, 0.3) is 0 Å². The third kappa shape index (κ3) is 4.64. The minimum Gasteiger partial charge on any atom is -0.382 e. The highest BCUT2D eigenvalue weighted by Gasteiger charge is 2.24. The SMILES string of the molecule is CC(=O)C[C@H](Nc1ccc(Br)cc1)C1CCCCC1. The molecule has 1 aliphatic rings. The molecule has 1 aromatic carbocycles. The van der Waals surface area contributed by atoms with Gasteiger partial charge in [0.05, 0.1) is 0 Å². The molecule has 0 spiro atoms. The Hall–Kier alpha value is -0.830. The van der Waals surface area contributed by atoms with E-state index in [1.54, 1.807) is 6.92 Å². The fourth-order valence-corrected chi connectivity index (χ4v) is 3.21. The number of anilines is 1. The summed E-state index contributed by atoms with van der Waals surface area (Å²) in [5.74, 6) is 0.918. The van der Waals surface area contributed by atoms with Gasteiger partial charge in [-0.05, 0) is 49.9 Å². The predicted molar refractivity (Wildman–Crippen MR) is 83.4 cm³/mol. The second kappa shape index (κ2) is 7.09. The van der Waals surface area contributed by atoms with E-state index in [0.29, 0.717) is 18.4 Å². The Kier molecular flexibility index (Phi) is 5.44. The van der Waals surface area contributed by atoms with E-state index in [-0.39, 0.29) is 5.78 Å². The lowest BCUT2D eigenvalue weighted by Crippen LogP contribution is -2.32. The Labute approximate surface area is 124 Å². The summed E-state index contributed by atoms with van der Waals surface area (Å²) in [5, 5.41) is 3.57. The highest BCUT2D eigenvalue weighted by atomic mass is 79.9. The van der Waals surface area contributed by atoms with Crippen LogP contribution in [0.3, 0.4) is 0 Å². The van der Waals surface area contributed by atoms with Crippen LogP contribution in [0.4, 0.5) is 5.69 Å². The minimum absolute atomic E-state index is 0.278. The summed E-state index contributed by atoms with van der Waals surface area (Å²) in [4.78, 5) is 11.5. The fourth-order valence-electron chi connectivity index (χ4n) is 2.94. The molecule has 0 aliphatic heterocycles. The molecule has 2 nitrogen and oxygen atoms in total. The molecule has 1 fully saturated rings. The second-order valence-electron chi connectivity index (χ2n) is 5.56. The third-order valence-electron chi connectivity index (χ3n) is 3.92. The first-order valence-electron chi connectivity index (χ1n) is 7.16. The van der Waals surface area contributed by atoms with Gasteiger partial charge in [-0.15, -0.1) is 0 Å². The second-order valence-corrected chi connectivity index (χ2v) is 6.48. The first-order valence-corrected chi connectivity index (χ1v) is 7.96. The summed E-state index contributed by atoms with van der Waals surface area (Å²) in [5.41, 5.74) is 1.11. The van der Waals surface area contributed by atoms with Gasteiger partial charge in [0.1, 0.15) is 5.78 Å². The summed E-state index contributed by atoms with van der Waals surface area (Å²) < 4.78 is 1.08. The van der Waals surface area contributed by atoms with Gasteiger partial charge in [-0.2, -0.15) is 0 Å². The Morgan fingerprint density at radius 2 is 1.89 bits per heavy atom. The highest BCUT2D eigenvalue weighted by molar-refractivity contribution is 9.10. The predicted octanol–water partition coefficient (Wildman–Crippen LogP) is 4.79. The van der Waals surface area contributed by atoms with Crippen LogP contribution in [0.25, 0.3) is 0 Å². The van der Waals surface area contributed by atoms with Gasteiger partial charge in [0, 0.05) is 22.6 Å². The number of Topliss-reactive ketones (excluding diaryl/α,β-unsaturated/α-hetero) is 1. The van der Waals surface area contributed by atoms with Crippen molar-refractivity contribution in [3.63, 3.8) is 0 Å². The summed E-state index contributed by atoms with van der Waals surface area (Å²) in [7, 11) is 0. The number of carbonyl (C=O) groups excluding carboxylic acids is 1. The molecule has 0 bridgehead atoms. The van der Waals surface area contributed by atoms with E-state index in [2.05, 4.69) is 33.4 Å². The molecule has 0 amide bonds. The molecule has 0 unspecified atom stereocenters. The molecule has 0 saturated heterocycles. The van der Waals surface area contributed by atoms with Crippen molar-refractivity contribution in [2.75, 3.05) is 5.32 Å². The Bertz CT molecular complexity index is 409. The third-order valence-corrected chi connectivity index (χ3v) is 4.45. The number of hydrogen-bond donors (Lipinski definition) is 1. The summed E-state index contributed by atoms with van der Waals surface area (Å²) in [6.45, 7) is 1.69. The summed E-state index contributed by atoms with van der Waals surface area (Å²) >= 11 is 3.45. The van der Waals surface area contributed by atoms with Gasteiger partial charge >= 0.3 is 0 Å². The lowest BCUT2D eigenvalue weighted by Gasteiger charge is -2.31. The molecular weight excluding hydrogens is 302 g/mol. The van der Waals surface area contributed by atoms with Crippen LogP contribution in [-0.2, 0) is 4.79 Å². The van der Waals surface area contributed by atoms with E-state index < -0.39 is 0 Å². The molecule has 1 aliphatic carbocycles. The van der Waals surface area contributed by atoms with Crippen LogP contribution >= 0.6 is 15.9 Å². The fraction of sp³-hybridized carbons (Fsp3) is 0.562. The molecule has 2 rings (SSSR count). The van der Waals surface area contributed by atoms with Crippen LogP contribution in [-0.4, -0.2) is 11.8 Å². The van der Waals surface area contributed by atoms with Crippen molar-refractivity contribution < 1.29 is 4.79 Å². The molecule has 1 N–H and O–H groups in total. The molecule has 0 aromatic heterocycles. The van der Waals surface area contributed by atoms with Crippen molar-refractivity contribution in [1.82, 2.24) is 0 Å². The average Bonchev–Trinajstić information content (AvgIpc) is 2.41. The van der Waals surface area contributed by atoms with Gasteiger partial charge < -0.3 is 5.32 Å². The molecule has 104 valence electrons. The average molecular weight is 324 g/mol.